The van der Waals surface area contributed by atoms with Crippen molar-refractivity contribution in [2.24, 2.45) is 0 Å². The largest absolute Gasteiger partial charge is 0.495 e. The Balaban J connectivity index is 1.63. The van der Waals surface area contributed by atoms with Crippen molar-refractivity contribution in [3.8, 4) is 28.3 Å². The summed E-state index contributed by atoms with van der Waals surface area (Å²) < 4.78 is 45.2. The molecular formula is C28H21F3N6O2. The van der Waals surface area contributed by atoms with Gasteiger partial charge >= 0.3 is 6.18 Å². The van der Waals surface area contributed by atoms with Gasteiger partial charge in [0, 0.05) is 40.8 Å². The summed E-state index contributed by atoms with van der Waals surface area (Å²) in [4.78, 5) is 30.3. The number of benzene rings is 3. The molecule has 0 spiro atoms. The van der Waals surface area contributed by atoms with Gasteiger partial charge in [0.2, 0.25) is 5.95 Å². The number of carbonyl (C=O) groups excluding carboxylic acids is 1. The van der Waals surface area contributed by atoms with Crippen molar-refractivity contribution in [2.75, 3.05) is 18.2 Å². The number of nitrogens with one attached hydrogen (secondary N) is 1. The molecule has 2 heterocycles. The number of hydrogen-bond acceptors (Lipinski definition) is 7. The summed E-state index contributed by atoms with van der Waals surface area (Å²) in [6.45, 7) is 1.87. The summed E-state index contributed by atoms with van der Waals surface area (Å²) >= 11 is 0. The van der Waals surface area contributed by atoms with Crippen LogP contribution >= 0.6 is 0 Å². The first-order chi connectivity index (χ1) is 18.7. The van der Waals surface area contributed by atoms with Gasteiger partial charge in [0.25, 0.3) is 5.91 Å². The van der Waals surface area contributed by atoms with E-state index in [0.717, 1.165) is 17.7 Å². The number of anilines is 2. The summed E-state index contributed by atoms with van der Waals surface area (Å²) in [7, 11) is 1.50. The van der Waals surface area contributed by atoms with Crippen LogP contribution in [0, 0.1) is 6.92 Å². The molecule has 0 fully saturated rings. The fourth-order valence-corrected chi connectivity index (χ4v) is 4.25. The molecule has 0 radical (unpaired) electrons. The van der Waals surface area contributed by atoms with Crippen molar-refractivity contribution < 1.29 is 22.7 Å². The Morgan fingerprint density at radius 2 is 1.74 bits per heavy atom. The molecule has 3 N–H and O–H groups in total. The molecule has 0 unspecified atom stereocenters. The van der Waals surface area contributed by atoms with Gasteiger partial charge in [0.05, 0.1) is 23.8 Å². The molecule has 5 aromatic rings. The number of hydrogen-bond donors (Lipinski definition) is 2. The van der Waals surface area contributed by atoms with Crippen molar-refractivity contribution in [1.29, 1.82) is 0 Å². The fraction of sp³-hybridized carbons (Fsp3) is 0.107. The normalized spacial score (nSPS) is 11.4. The lowest BCUT2D eigenvalue weighted by atomic mass is 9.93. The molecule has 196 valence electrons. The van der Waals surface area contributed by atoms with Gasteiger partial charge in [-0.3, -0.25) is 4.79 Å². The molecule has 0 saturated carbocycles. The van der Waals surface area contributed by atoms with E-state index in [9.17, 15) is 18.0 Å². The van der Waals surface area contributed by atoms with Gasteiger partial charge < -0.3 is 15.8 Å². The quantitative estimate of drug-likeness (QED) is 0.290. The second-order valence-electron chi connectivity index (χ2n) is 8.63. The van der Waals surface area contributed by atoms with Gasteiger partial charge in [-0.1, -0.05) is 12.1 Å². The van der Waals surface area contributed by atoms with Crippen LogP contribution < -0.4 is 15.8 Å². The van der Waals surface area contributed by atoms with Crippen LogP contribution in [0.1, 0.15) is 21.5 Å². The minimum absolute atomic E-state index is 0.0264. The van der Waals surface area contributed by atoms with Crippen LogP contribution in [0.15, 0.2) is 73.2 Å². The van der Waals surface area contributed by atoms with Gasteiger partial charge in [0.1, 0.15) is 5.75 Å². The number of fused-ring (bicyclic) bond motifs is 1. The number of ether oxygens (including phenoxy) is 1. The number of alkyl halides is 3. The Morgan fingerprint density at radius 3 is 2.46 bits per heavy atom. The monoisotopic (exact) mass is 530 g/mol. The first-order valence-electron chi connectivity index (χ1n) is 11.7. The summed E-state index contributed by atoms with van der Waals surface area (Å²) in [6, 6.07) is 13.0. The van der Waals surface area contributed by atoms with E-state index < -0.39 is 17.6 Å². The third kappa shape index (κ3) is 5.06. The standard InChI is InChI=1S/C28H21F3N6O2/c1-15-7-8-16(26(38)36-19-6-3-5-18(13-19)28(29,30)31)11-20(15)21-12-17-14-35-27(32)37-23(17)22(24(21)39-2)25-33-9-4-10-34-25/h3-14H,1-2H3,(H,36,38)(H2,32,35,37). The van der Waals surface area contributed by atoms with Crippen molar-refractivity contribution in [3.63, 3.8) is 0 Å². The zero-order valence-corrected chi connectivity index (χ0v) is 20.7. The number of halogens is 3. The molecule has 3 aromatic carbocycles. The fourth-order valence-electron chi connectivity index (χ4n) is 4.25. The molecule has 1 amide bonds. The molecule has 11 heteroatoms. The van der Waals surface area contributed by atoms with Crippen LogP contribution in [0.4, 0.5) is 24.8 Å². The molecule has 2 aromatic heterocycles. The molecule has 0 saturated heterocycles. The van der Waals surface area contributed by atoms with E-state index in [1.165, 1.54) is 19.2 Å². The molecule has 0 aliphatic heterocycles. The van der Waals surface area contributed by atoms with Crippen LogP contribution in [-0.4, -0.2) is 33.0 Å². The Labute approximate surface area is 220 Å². The minimum atomic E-state index is -4.53. The van der Waals surface area contributed by atoms with Gasteiger partial charge in [0.15, 0.2) is 5.82 Å². The Bertz CT molecular complexity index is 1710. The van der Waals surface area contributed by atoms with Gasteiger partial charge in [-0.25, -0.2) is 19.9 Å². The average molecular weight is 531 g/mol. The number of methoxy groups -OCH3 is 1. The molecule has 5 rings (SSSR count). The number of nitrogen functional groups attached to an aromatic ring is 1. The highest BCUT2D eigenvalue weighted by Gasteiger charge is 2.30. The SMILES string of the molecule is COc1c(-c2cc(C(=O)Nc3cccc(C(F)(F)F)c3)ccc2C)cc2cnc(N)nc2c1-c1ncccn1. The van der Waals surface area contributed by atoms with Gasteiger partial charge in [-0.15, -0.1) is 0 Å². The molecule has 0 aliphatic rings. The number of nitrogens with two attached hydrogens (primary N) is 1. The van der Waals surface area contributed by atoms with Crippen molar-refractivity contribution in [1.82, 2.24) is 19.9 Å². The molecule has 0 atom stereocenters. The lowest BCUT2D eigenvalue weighted by Gasteiger charge is -2.18. The Kier molecular flexibility index (Phi) is 6.57. The van der Waals surface area contributed by atoms with E-state index >= 15 is 0 Å². The zero-order valence-electron chi connectivity index (χ0n) is 20.7. The summed E-state index contributed by atoms with van der Waals surface area (Å²) in [5, 5.41) is 3.19. The third-order valence-corrected chi connectivity index (χ3v) is 6.08. The summed E-state index contributed by atoms with van der Waals surface area (Å²) in [5.74, 6) is 0.262. The second-order valence-corrected chi connectivity index (χ2v) is 8.63. The maximum atomic E-state index is 13.1. The predicted octanol–water partition coefficient (Wildman–Crippen LogP) is 5.92. The lowest BCUT2D eigenvalue weighted by Crippen LogP contribution is -2.13. The van der Waals surface area contributed by atoms with Gasteiger partial charge in [-0.05, 0) is 60.5 Å². The van der Waals surface area contributed by atoms with E-state index in [0.29, 0.717) is 39.2 Å². The van der Waals surface area contributed by atoms with Crippen molar-refractivity contribution in [3.05, 3.63) is 89.9 Å². The maximum Gasteiger partial charge on any atom is 0.416 e. The molecule has 8 nitrogen and oxygen atoms in total. The topological polar surface area (TPSA) is 116 Å². The maximum absolute atomic E-state index is 13.1. The summed E-state index contributed by atoms with van der Waals surface area (Å²) in [5.41, 5.74) is 8.36. The minimum Gasteiger partial charge on any atom is -0.495 e. The van der Waals surface area contributed by atoms with E-state index in [1.54, 1.807) is 42.9 Å². The van der Waals surface area contributed by atoms with Crippen molar-refractivity contribution >= 4 is 28.4 Å². The highest BCUT2D eigenvalue weighted by Crippen LogP contribution is 2.43. The number of aryl methyl sites for hydroxylation is 1. The van der Waals surface area contributed by atoms with Gasteiger partial charge in [-0.2, -0.15) is 13.2 Å². The number of nitrogens with zero attached hydrogens (tertiary/aromatic N) is 4. The van der Waals surface area contributed by atoms with Crippen LogP contribution in [-0.2, 0) is 6.18 Å². The zero-order chi connectivity index (χ0) is 27.7. The number of amides is 1. The first kappa shape index (κ1) is 25.6. The smallest absolute Gasteiger partial charge is 0.416 e. The third-order valence-electron chi connectivity index (χ3n) is 6.08. The number of aromatic nitrogens is 4. The van der Waals surface area contributed by atoms with Crippen LogP contribution in [0.5, 0.6) is 5.75 Å². The van der Waals surface area contributed by atoms with Crippen LogP contribution in [0.2, 0.25) is 0 Å². The second kappa shape index (κ2) is 10.0. The van der Waals surface area contributed by atoms with Crippen LogP contribution in [0.25, 0.3) is 33.4 Å². The Morgan fingerprint density at radius 1 is 0.974 bits per heavy atom. The highest BCUT2D eigenvalue weighted by molar-refractivity contribution is 6.06. The lowest BCUT2D eigenvalue weighted by molar-refractivity contribution is -0.137. The van der Waals surface area contributed by atoms with E-state index in [2.05, 4.69) is 25.3 Å². The Hall–Kier alpha value is -5.06. The summed E-state index contributed by atoms with van der Waals surface area (Å²) in [6.07, 6.45) is 0.231. The first-order valence-corrected chi connectivity index (χ1v) is 11.7. The van der Waals surface area contributed by atoms with Crippen LogP contribution in [0.3, 0.4) is 0 Å². The van der Waals surface area contributed by atoms with E-state index in [-0.39, 0.29) is 17.2 Å². The molecular weight excluding hydrogens is 509 g/mol. The van der Waals surface area contributed by atoms with Crippen molar-refractivity contribution in [2.45, 2.75) is 13.1 Å². The highest BCUT2D eigenvalue weighted by atomic mass is 19.4. The average Bonchev–Trinajstić information content (AvgIpc) is 2.92. The molecule has 39 heavy (non-hydrogen) atoms. The number of carbonyl (C=O) groups is 1. The number of rotatable bonds is 5. The van der Waals surface area contributed by atoms with E-state index in [4.69, 9.17) is 10.5 Å². The molecule has 0 bridgehead atoms. The molecule has 0 aliphatic carbocycles. The predicted molar refractivity (Wildman–Crippen MR) is 141 cm³/mol. The van der Waals surface area contributed by atoms with E-state index in [1.807, 2.05) is 13.0 Å².